The van der Waals surface area contributed by atoms with E-state index in [1.165, 1.54) is 11.3 Å². The Hall–Kier alpha value is -1.81. The molecule has 0 spiro atoms. The molecule has 0 aliphatic heterocycles. The Morgan fingerprint density at radius 2 is 2.32 bits per heavy atom. The normalized spacial score (nSPS) is 10.4. The molecule has 0 unspecified atom stereocenters. The molecule has 0 bridgehead atoms. The van der Waals surface area contributed by atoms with E-state index in [0.717, 1.165) is 11.8 Å². The van der Waals surface area contributed by atoms with E-state index in [4.69, 9.17) is 0 Å². The Balaban J connectivity index is 2.44. The highest BCUT2D eigenvalue weighted by Gasteiger charge is 2.23. The molecule has 0 aliphatic carbocycles. The Bertz CT molecular complexity index is 589. The zero-order chi connectivity index (χ0) is 13.8. The summed E-state index contributed by atoms with van der Waals surface area (Å²) >= 11 is 2.42. The summed E-state index contributed by atoms with van der Waals surface area (Å²) in [5.74, 6) is 0.373. The molecule has 0 fully saturated rings. The van der Waals surface area contributed by atoms with E-state index in [0.29, 0.717) is 22.5 Å². The molecule has 2 heterocycles. The Morgan fingerprint density at radius 1 is 1.53 bits per heavy atom. The van der Waals surface area contributed by atoms with Crippen molar-refractivity contribution in [2.75, 3.05) is 11.9 Å². The van der Waals surface area contributed by atoms with Gasteiger partial charge in [-0.25, -0.2) is 4.98 Å². The first-order valence-electron chi connectivity index (χ1n) is 5.32. The third kappa shape index (κ3) is 3.15. The van der Waals surface area contributed by atoms with Crippen LogP contribution in [0.5, 0.6) is 0 Å². The molecule has 0 saturated carbocycles. The van der Waals surface area contributed by atoms with Crippen LogP contribution in [0.25, 0.3) is 0 Å². The van der Waals surface area contributed by atoms with Crippen molar-refractivity contribution in [2.45, 2.75) is 23.2 Å². The van der Waals surface area contributed by atoms with Gasteiger partial charge in [0.25, 0.3) is 0 Å². The number of rotatable bonds is 5. The Labute approximate surface area is 116 Å². The first kappa shape index (κ1) is 13.6. The number of nitrogens with zero attached hydrogens (tertiary/aromatic N) is 5. The number of aromatic nitrogens is 4. The summed E-state index contributed by atoms with van der Waals surface area (Å²) in [5.41, 5.74) is 1.79. The van der Waals surface area contributed by atoms with Gasteiger partial charge in [0.15, 0.2) is 9.37 Å². The van der Waals surface area contributed by atoms with Crippen molar-refractivity contribution in [3.05, 3.63) is 21.3 Å². The fourth-order valence-corrected chi connectivity index (χ4v) is 2.89. The van der Waals surface area contributed by atoms with Gasteiger partial charge in [-0.1, -0.05) is 11.3 Å². The molecule has 0 aromatic carbocycles. The van der Waals surface area contributed by atoms with Crippen LogP contribution in [0.1, 0.15) is 12.6 Å². The van der Waals surface area contributed by atoms with Crippen LogP contribution in [0, 0.1) is 17.0 Å². The van der Waals surface area contributed by atoms with Crippen molar-refractivity contribution in [2.24, 2.45) is 0 Å². The highest BCUT2D eigenvalue weighted by molar-refractivity contribution is 8.01. The third-order valence-electron chi connectivity index (χ3n) is 2.07. The number of hydrogen-bond donors (Lipinski definition) is 1. The molecule has 2 rings (SSSR count). The SMILES string of the molecule is CCNc1nc(C)c([N+](=O)[O-])c(Sc2nncs2)n1. The van der Waals surface area contributed by atoms with Crippen LogP contribution in [0.15, 0.2) is 14.9 Å². The quantitative estimate of drug-likeness (QED) is 0.508. The summed E-state index contributed by atoms with van der Waals surface area (Å²) in [6.45, 7) is 4.13. The Morgan fingerprint density at radius 3 is 2.89 bits per heavy atom. The fraction of sp³-hybridized carbons (Fsp3) is 0.333. The summed E-state index contributed by atoms with van der Waals surface area (Å²) in [7, 11) is 0. The summed E-state index contributed by atoms with van der Waals surface area (Å²) in [5, 5.41) is 21.9. The number of hydrogen-bond acceptors (Lipinski definition) is 9. The van der Waals surface area contributed by atoms with E-state index in [1.54, 1.807) is 12.4 Å². The van der Waals surface area contributed by atoms with Crippen LogP contribution in [0.4, 0.5) is 11.6 Å². The lowest BCUT2D eigenvalue weighted by atomic mass is 10.4. The largest absolute Gasteiger partial charge is 0.354 e. The molecule has 19 heavy (non-hydrogen) atoms. The van der Waals surface area contributed by atoms with Gasteiger partial charge in [-0.15, -0.1) is 10.2 Å². The van der Waals surface area contributed by atoms with Crippen molar-refractivity contribution in [1.82, 2.24) is 20.2 Å². The lowest BCUT2D eigenvalue weighted by molar-refractivity contribution is -0.389. The molecule has 8 nitrogen and oxygen atoms in total. The molecule has 100 valence electrons. The van der Waals surface area contributed by atoms with Gasteiger partial charge in [0.05, 0.1) is 4.92 Å². The van der Waals surface area contributed by atoms with Gasteiger partial charge in [-0.05, 0) is 25.6 Å². The Kier molecular flexibility index (Phi) is 4.22. The molecule has 1 N–H and O–H groups in total. The summed E-state index contributed by atoms with van der Waals surface area (Å²) in [6, 6.07) is 0. The molecule has 10 heteroatoms. The monoisotopic (exact) mass is 298 g/mol. The molecule has 2 aromatic rings. The lowest BCUT2D eigenvalue weighted by Crippen LogP contribution is -2.07. The zero-order valence-corrected chi connectivity index (χ0v) is 11.8. The maximum Gasteiger partial charge on any atom is 0.322 e. The summed E-state index contributed by atoms with van der Waals surface area (Å²) < 4.78 is 0.601. The predicted molar refractivity (Wildman–Crippen MR) is 71.6 cm³/mol. The van der Waals surface area contributed by atoms with Gasteiger partial charge in [-0.2, -0.15) is 4.98 Å². The van der Waals surface area contributed by atoms with Crippen LogP contribution in [-0.4, -0.2) is 31.6 Å². The molecular weight excluding hydrogens is 288 g/mol. The average molecular weight is 298 g/mol. The first-order valence-corrected chi connectivity index (χ1v) is 7.02. The lowest BCUT2D eigenvalue weighted by Gasteiger charge is -2.06. The molecule has 0 saturated heterocycles. The maximum atomic E-state index is 11.1. The second-order valence-electron chi connectivity index (χ2n) is 3.38. The van der Waals surface area contributed by atoms with E-state index < -0.39 is 4.92 Å². The zero-order valence-electron chi connectivity index (χ0n) is 10.2. The van der Waals surface area contributed by atoms with Crippen LogP contribution < -0.4 is 5.32 Å². The van der Waals surface area contributed by atoms with Crippen LogP contribution >= 0.6 is 23.1 Å². The van der Waals surface area contributed by atoms with Crippen molar-refractivity contribution < 1.29 is 4.92 Å². The first-order chi connectivity index (χ1) is 9.11. The molecular formula is C9H10N6O2S2. The van der Waals surface area contributed by atoms with Gasteiger partial charge in [-0.3, -0.25) is 10.1 Å². The predicted octanol–water partition coefficient (Wildman–Crippen LogP) is 2.13. The highest BCUT2D eigenvalue weighted by Crippen LogP contribution is 2.35. The summed E-state index contributed by atoms with van der Waals surface area (Å²) in [4.78, 5) is 18.8. The minimum Gasteiger partial charge on any atom is -0.354 e. The van der Waals surface area contributed by atoms with E-state index in [9.17, 15) is 10.1 Å². The molecule has 0 amide bonds. The van der Waals surface area contributed by atoms with Crippen LogP contribution in [0.3, 0.4) is 0 Å². The molecule has 0 aliphatic rings. The van der Waals surface area contributed by atoms with E-state index in [-0.39, 0.29) is 10.7 Å². The number of nitro groups is 1. The standard InChI is InChI=1S/C9H10N6O2S2/c1-3-10-8-12-5(2)6(15(16)17)7(13-8)19-9-14-11-4-18-9/h4H,3H2,1-2H3,(H,10,12,13). The third-order valence-corrected chi connectivity index (χ3v) is 3.82. The van der Waals surface area contributed by atoms with Gasteiger partial charge < -0.3 is 5.32 Å². The number of aryl methyl sites for hydroxylation is 1. The van der Waals surface area contributed by atoms with Crippen LogP contribution in [0.2, 0.25) is 0 Å². The van der Waals surface area contributed by atoms with E-state index in [1.807, 2.05) is 6.92 Å². The topological polar surface area (TPSA) is 107 Å². The van der Waals surface area contributed by atoms with Gasteiger partial charge in [0, 0.05) is 6.54 Å². The number of nitrogens with one attached hydrogen (secondary N) is 1. The van der Waals surface area contributed by atoms with E-state index >= 15 is 0 Å². The van der Waals surface area contributed by atoms with Gasteiger partial charge >= 0.3 is 5.69 Å². The van der Waals surface area contributed by atoms with Crippen LogP contribution in [-0.2, 0) is 0 Å². The van der Waals surface area contributed by atoms with E-state index in [2.05, 4.69) is 25.5 Å². The number of anilines is 1. The minimum absolute atomic E-state index is 0.0955. The maximum absolute atomic E-state index is 11.1. The fourth-order valence-electron chi connectivity index (χ4n) is 1.35. The molecule has 2 aromatic heterocycles. The second kappa shape index (κ2) is 5.89. The second-order valence-corrected chi connectivity index (χ2v) is 5.45. The average Bonchev–Trinajstić information content (AvgIpc) is 2.81. The minimum atomic E-state index is -0.478. The van der Waals surface area contributed by atoms with Crippen molar-refractivity contribution >= 4 is 34.7 Å². The van der Waals surface area contributed by atoms with Crippen molar-refractivity contribution in [3.8, 4) is 0 Å². The highest BCUT2D eigenvalue weighted by atomic mass is 32.2. The molecule has 0 atom stereocenters. The van der Waals surface area contributed by atoms with Gasteiger partial charge in [0.1, 0.15) is 11.2 Å². The van der Waals surface area contributed by atoms with Crippen molar-refractivity contribution in [1.29, 1.82) is 0 Å². The van der Waals surface area contributed by atoms with Crippen molar-refractivity contribution in [3.63, 3.8) is 0 Å². The smallest absolute Gasteiger partial charge is 0.322 e. The molecule has 0 radical (unpaired) electrons. The van der Waals surface area contributed by atoms with Gasteiger partial charge in [0.2, 0.25) is 5.95 Å². The summed E-state index contributed by atoms with van der Waals surface area (Å²) in [6.07, 6.45) is 0.